The number of pyridine rings is 1. The molecule has 2 aromatic carbocycles. The number of carbonyl (C=O) groups excluding carboxylic acids is 1. The molecule has 7 heteroatoms. The van der Waals surface area contributed by atoms with Crippen molar-refractivity contribution in [1.82, 2.24) is 20.1 Å². The SMILES string of the molecule is CCn1ncc(-c2cc(C(=O)NCCc3ccc(OC)c(OC)c3)c3ccccc3n2)c1C. The van der Waals surface area contributed by atoms with Gasteiger partial charge in [0, 0.05) is 29.7 Å². The van der Waals surface area contributed by atoms with Crippen LogP contribution in [0.3, 0.4) is 0 Å². The number of amides is 1. The maximum absolute atomic E-state index is 13.2. The Bertz CT molecular complexity index is 1300. The Morgan fingerprint density at radius 1 is 1.06 bits per heavy atom. The first-order valence-electron chi connectivity index (χ1n) is 11.0. The van der Waals surface area contributed by atoms with Crippen LogP contribution in [0.5, 0.6) is 11.5 Å². The van der Waals surface area contributed by atoms with Gasteiger partial charge in [-0.3, -0.25) is 9.48 Å². The molecule has 0 bridgehead atoms. The Labute approximate surface area is 193 Å². The van der Waals surface area contributed by atoms with Gasteiger partial charge in [0.25, 0.3) is 5.91 Å². The van der Waals surface area contributed by atoms with E-state index in [0.717, 1.165) is 40.0 Å². The number of aromatic nitrogens is 3. The lowest BCUT2D eigenvalue weighted by molar-refractivity contribution is 0.0955. The molecule has 7 nitrogen and oxygen atoms in total. The minimum atomic E-state index is -0.129. The van der Waals surface area contributed by atoms with Gasteiger partial charge in [-0.05, 0) is 50.1 Å². The zero-order valence-corrected chi connectivity index (χ0v) is 19.4. The highest BCUT2D eigenvalue weighted by atomic mass is 16.5. The normalized spacial score (nSPS) is 10.9. The lowest BCUT2D eigenvalue weighted by Crippen LogP contribution is -2.26. The molecule has 2 aromatic heterocycles. The molecule has 170 valence electrons. The van der Waals surface area contributed by atoms with E-state index >= 15 is 0 Å². The minimum Gasteiger partial charge on any atom is -0.493 e. The highest BCUT2D eigenvalue weighted by Crippen LogP contribution is 2.28. The number of ether oxygens (including phenoxy) is 2. The maximum atomic E-state index is 13.2. The molecule has 0 spiro atoms. The molecule has 0 radical (unpaired) electrons. The summed E-state index contributed by atoms with van der Waals surface area (Å²) in [6.45, 7) is 5.34. The molecular formula is C26H28N4O3. The van der Waals surface area contributed by atoms with Crippen molar-refractivity contribution < 1.29 is 14.3 Å². The van der Waals surface area contributed by atoms with Gasteiger partial charge in [-0.25, -0.2) is 4.98 Å². The molecule has 4 rings (SSSR count). The molecule has 33 heavy (non-hydrogen) atoms. The summed E-state index contributed by atoms with van der Waals surface area (Å²) < 4.78 is 12.6. The molecule has 0 aliphatic carbocycles. The third-order valence-electron chi connectivity index (χ3n) is 5.79. The van der Waals surface area contributed by atoms with Crippen molar-refractivity contribution in [1.29, 1.82) is 0 Å². The van der Waals surface area contributed by atoms with Gasteiger partial charge in [0.05, 0.1) is 37.2 Å². The minimum absolute atomic E-state index is 0.129. The topological polar surface area (TPSA) is 78.3 Å². The van der Waals surface area contributed by atoms with E-state index in [0.29, 0.717) is 30.0 Å². The number of hydrogen-bond donors (Lipinski definition) is 1. The number of aryl methyl sites for hydroxylation is 1. The first kappa shape index (κ1) is 22.3. The summed E-state index contributed by atoms with van der Waals surface area (Å²) in [4.78, 5) is 18.0. The summed E-state index contributed by atoms with van der Waals surface area (Å²) in [5, 5.41) is 8.31. The zero-order chi connectivity index (χ0) is 23.4. The smallest absolute Gasteiger partial charge is 0.252 e. The van der Waals surface area contributed by atoms with Crippen LogP contribution in [0.2, 0.25) is 0 Å². The van der Waals surface area contributed by atoms with E-state index in [9.17, 15) is 4.79 Å². The first-order valence-corrected chi connectivity index (χ1v) is 11.0. The Hall–Kier alpha value is -3.87. The van der Waals surface area contributed by atoms with Crippen LogP contribution >= 0.6 is 0 Å². The number of methoxy groups -OCH3 is 2. The largest absolute Gasteiger partial charge is 0.493 e. The van der Waals surface area contributed by atoms with Crippen LogP contribution < -0.4 is 14.8 Å². The lowest BCUT2D eigenvalue weighted by atomic mass is 10.0. The van der Waals surface area contributed by atoms with Gasteiger partial charge >= 0.3 is 0 Å². The molecule has 0 unspecified atom stereocenters. The number of benzene rings is 2. The summed E-state index contributed by atoms with van der Waals surface area (Å²) >= 11 is 0. The molecule has 0 aliphatic rings. The van der Waals surface area contributed by atoms with Crippen LogP contribution in [-0.2, 0) is 13.0 Å². The second-order valence-electron chi connectivity index (χ2n) is 7.73. The van der Waals surface area contributed by atoms with E-state index < -0.39 is 0 Å². The molecule has 0 saturated heterocycles. The van der Waals surface area contributed by atoms with Crippen LogP contribution in [0, 0.1) is 6.92 Å². The van der Waals surface area contributed by atoms with E-state index in [4.69, 9.17) is 14.5 Å². The molecule has 1 amide bonds. The van der Waals surface area contributed by atoms with Crippen molar-refractivity contribution in [3.8, 4) is 22.8 Å². The predicted molar refractivity (Wildman–Crippen MR) is 129 cm³/mol. The zero-order valence-electron chi connectivity index (χ0n) is 19.4. The van der Waals surface area contributed by atoms with Gasteiger partial charge < -0.3 is 14.8 Å². The summed E-state index contributed by atoms with van der Waals surface area (Å²) in [5.41, 5.74) is 5.14. The summed E-state index contributed by atoms with van der Waals surface area (Å²) in [7, 11) is 3.22. The molecular weight excluding hydrogens is 416 g/mol. The number of nitrogens with zero attached hydrogens (tertiary/aromatic N) is 3. The Morgan fingerprint density at radius 2 is 1.85 bits per heavy atom. The van der Waals surface area contributed by atoms with Gasteiger partial charge in [0.15, 0.2) is 11.5 Å². The summed E-state index contributed by atoms with van der Waals surface area (Å²) in [6.07, 6.45) is 2.49. The number of para-hydroxylation sites is 1. The van der Waals surface area contributed by atoms with Gasteiger partial charge in [-0.1, -0.05) is 24.3 Å². The highest BCUT2D eigenvalue weighted by molar-refractivity contribution is 6.07. The number of nitrogens with one attached hydrogen (secondary N) is 1. The monoisotopic (exact) mass is 444 g/mol. The maximum Gasteiger partial charge on any atom is 0.252 e. The van der Waals surface area contributed by atoms with Gasteiger partial charge in [-0.15, -0.1) is 0 Å². The molecule has 2 heterocycles. The fourth-order valence-corrected chi connectivity index (χ4v) is 3.97. The van der Waals surface area contributed by atoms with Crippen LogP contribution in [-0.4, -0.2) is 41.4 Å². The molecule has 0 aliphatic heterocycles. The Balaban J connectivity index is 1.58. The number of carbonyl (C=O) groups is 1. The first-order chi connectivity index (χ1) is 16.0. The van der Waals surface area contributed by atoms with Crippen molar-refractivity contribution in [2.45, 2.75) is 26.8 Å². The molecule has 0 atom stereocenters. The van der Waals surface area contributed by atoms with E-state index in [1.165, 1.54) is 0 Å². The molecule has 4 aromatic rings. The van der Waals surface area contributed by atoms with Gasteiger partial charge in [0.1, 0.15) is 0 Å². The molecule has 0 saturated carbocycles. The fraction of sp³-hybridized carbons (Fsp3) is 0.269. The second-order valence-corrected chi connectivity index (χ2v) is 7.73. The van der Waals surface area contributed by atoms with Crippen molar-refractivity contribution in [2.24, 2.45) is 0 Å². The standard InChI is InChI=1S/C26H28N4O3/c1-5-30-17(2)21(16-28-30)23-15-20(19-8-6-7-9-22(19)29-23)26(31)27-13-12-18-10-11-24(32-3)25(14-18)33-4/h6-11,14-16H,5,12-13H2,1-4H3,(H,27,31). The van der Waals surface area contributed by atoms with Crippen molar-refractivity contribution in [3.63, 3.8) is 0 Å². The summed E-state index contributed by atoms with van der Waals surface area (Å²) in [6, 6.07) is 15.3. The van der Waals surface area contributed by atoms with Crippen LogP contribution in [0.25, 0.3) is 22.2 Å². The third-order valence-corrected chi connectivity index (χ3v) is 5.79. The fourth-order valence-electron chi connectivity index (χ4n) is 3.97. The van der Waals surface area contributed by atoms with E-state index in [1.54, 1.807) is 14.2 Å². The van der Waals surface area contributed by atoms with E-state index in [1.807, 2.05) is 66.3 Å². The lowest BCUT2D eigenvalue weighted by Gasteiger charge is -2.12. The number of fused-ring (bicyclic) bond motifs is 1. The molecule has 0 fully saturated rings. The van der Waals surface area contributed by atoms with Crippen LogP contribution in [0.4, 0.5) is 0 Å². The van der Waals surface area contributed by atoms with Crippen molar-refractivity contribution in [3.05, 3.63) is 71.5 Å². The van der Waals surface area contributed by atoms with E-state index in [-0.39, 0.29) is 5.91 Å². The number of hydrogen-bond acceptors (Lipinski definition) is 5. The summed E-state index contributed by atoms with van der Waals surface area (Å²) in [5.74, 6) is 1.23. The van der Waals surface area contributed by atoms with Crippen LogP contribution in [0.15, 0.2) is 54.7 Å². The average Bonchev–Trinajstić information content (AvgIpc) is 3.23. The Kier molecular flexibility index (Phi) is 6.58. The average molecular weight is 445 g/mol. The molecule has 1 N–H and O–H groups in total. The van der Waals surface area contributed by atoms with Gasteiger partial charge in [0.2, 0.25) is 0 Å². The second kappa shape index (κ2) is 9.73. The predicted octanol–water partition coefficient (Wildman–Crippen LogP) is 4.42. The Morgan fingerprint density at radius 3 is 2.58 bits per heavy atom. The number of rotatable bonds is 8. The van der Waals surface area contributed by atoms with Crippen LogP contribution in [0.1, 0.15) is 28.5 Å². The highest BCUT2D eigenvalue weighted by Gasteiger charge is 2.16. The van der Waals surface area contributed by atoms with Crippen molar-refractivity contribution in [2.75, 3.05) is 20.8 Å². The van der Waals surface area contributed by atoms with Gasteiger partial charge in [-0.2, -0.15) is 5.10 Å². The van der Waals surface area contributed by atoms with E-state index in [2.05, 4.69) is 17.3 Å². The van der Waals surface area contributed by atoms with Crippen molar-refractivity contribution >= 4 is 16.8 Å². The third kappa shape index (κ3) is 4.53. The quantitative estimate of drug-likeness (QED) is 0.435.